The van der Waals surface area contributed by atoms with E-state index in [0.717, 1.165) is 5.56 Å². The number of aromatic nitrogens is 1. The van der Waals surface area contributed by atoms with Gasteiger partial charge in [0.2, 0.25) is 0 Å². The van der Waals surface area contributed by atoms with E-state index in [2.05, 4.69) is 4.98 Å². The van der Waals surface area contributed by atoms with Gasteiger partial charge in [0.15, 0.2) is 0 Å². The van der Waals surface area contributed by atoms with E-state index in [-0.39, 0.29) is 5.38 Å². The lowest BCUT2D eigenvalue weighted by molar-refractivity contribution is 1.07. The largest absolute Gasteiger partial charge is 0.383 e. The summed E-state index contributed by atoms with van der Waals surface area (Å²) in [4.78, 5) is 3.86. The molecule has 60 valence electrons. The molecule has 0 saturated carbocycles. The van der Waals surface area contributed by atoms with Crippen LogP contribution in [0.4, 0.5) is 5.82 Å². The van der Waals surface area contributed by atoms with E-state index in [1.165, 1.54) is 6.20 Å². The van der Waals surface area contributed by atoms with Crippen LogP contribution in [0, 0.1) is 0 Å². The third kappa shape index (κ3) is 1.98. The summed E-state index contributed by atoms with van der Waals surface area (Å²) in [6, 6.07) is 1.72. The molecule has 1 atom stereocenters. The van der Waals surface area contributed by atoms with E-state index in [1.807, 2.05) is 6.92 Å². The Kier molecular flexibility index (Phi) is 2.58. The lowest BCUT2D eigenvalue weighted by Crippen LogP contribution is -1.97. The predicted molar refractivity (Wildman–Crippen MR) is 47.9 cm³/mol. The molecule has 2 N–H and O–H groups in total. The van der Waals surface area contributed by atoms with Crippen LogP contribution < -0.4 is 5.73 Å². The molecular weight excluding hydrogens is 183 g/mol. The highest BCUT2D eigenvalue weighted by Crippen LogP contribution is 2.25. The van der Waals surface area contributed by atoms with Crippen LogP contribution in [0.15, 0.2) is 12.3 Å². The summed E-state index contributed by atoms with van der Waals surface area (Å²) in [7, 11) is 0. The highest BCUT2D eigenvalue weighted by Gasteiger charge is 2.06. The fourth-order valence-electron chi connectivity index (χ4n) is 0.784. The molecule has 0 aliphatic rings. The molecule has 0 saturated heterocycles. The first-order chi connectivity index (χ1) is 5.11. The molecule has 0 fully saturated rings. The average Bonchev–Trinajstić information content (AvgIpc) is 1.94. The van der Waals surface area contributed by atoms with Crippen LogP contribution in [0.3, 0.4) is 0 Å². The summed E-state index contributed by atoms with van der Waals surface area (Å²) in [5.41, 5.74) is 6.31. The van der Waals surface area contributed by atoms with Crippen LogP contribution in [0.25, 0.3) is 0 Å². The fraction of sp³-hybridized carbons (Fsp3) is 0.286. The number of hydrogen-bond donors (Lipinski definition) is 1. The van der Waals surface area contributed by atoms with Gasteiger partial charge in [-0.25, -0.2) is 4.98 Å². The number of alkyl halides is 1. The molecule has 1 heterocycles. The normalized spacial score (nSPS) is 13.0. The van der Waals surface area contributed by atoms with E-state index in [1.54, 1.807) is 6.07 Å². The first-order valence-corrected chi connectivity index (χ1v) is 3.97. The molecule has 0 radical (unpaired) electrons. The van der Waals surface area contributed by atoms with Crippen LogP contribution in [-0.4, -0.2) is 4.98 Å². The van der Waals surface area contributed by atoms with Crippen molar-refractivity contribution in [3.63, 3.8) is 0 Å². The zero-order chi connectivity index (χ0) is 8.43. The maximum atomic E-state index is 5.80. The Labute approximate surface area is 75.3 Å². The fourth-order valence-corrected chi connectivity index (χ4v) is 1.13. The zero-order valence-electron chi connectivity index (χ0n) is 6.01. The van der Waals surface area contributed by atoms with Crippen molar-refractivity contribution in [2.45, 2.75) is 12.3 Å². The van der Waals surface area contributed by atoms with E-state index in [4.69, 9.17) is 28.9 Å². The number of nitrogens with two attached hydrogens (primary N) is 1. The van der Waals surface area contributed by atoms with E-state index < -0.39 is 0 Å². The van der Waals surface area contributed by atoms with Crippen molar-refractivity contribution < 1.29 is 0 Å². The minimum atomic E-state index is -0.152. The van der Waals surface area contributed by atoms with Gasteiger partial charge in [-0.05, 0) is 13.0 Å². The highest BCUT2D eigenvalue weighted by molar-refractivity contribution is 6.30. The summed E-state index contributed by atoms with van der Waals surface area (Å²) >= 11 is 11.5. The Morgan fingerprint density at radius 1 is 1.64 bits per heavy atom. The van der Waals surface area contributed by atoms with Gasteiger partial charge in [-0.2, -0.15) is 0 Å². The van der Waals surface area contributed by atoms with Gasteiger partial charge in [0, 0.05) is 11.8 Å². The Morgan fingerprint density at radius 3 is 2.73 bits per heavy atom. The minimum absolute atomic E-state index is 0.152. The van der Waals surface area contributed by atoms with Crippen molar-refractivity contribution in [1.82, 2.24) is 4.98 Å². The molecule has 1 unspecified atom stereocenters. The van der Waals surface area contributed by atoms with Crippen molar-refractivity contribution in [2.75, 3.05) is 5.73 Å². The minimum Gasteiger partial charge on any atom is -0.383 e. The number of pyridine rings is 1. The topological polar surface area (TPSA) is 38.9 Å². The second-order valence-electron chi connectivity index (χ2n) is 2.24. The highest BCUT2D eigenvalue weighted by atomic mass is 35.5. The van der Waals surface area contributed by atoms with Gasteiger partial charge in [-0.3, -0.25) is 0 Å². The molecule has 0 bridgehead atoms. The first-order valence-electron chi connectivity index (χ1n) is 3.16. The van der Waals surface area contributed by atoms with E-state index >= 15 is 0 Å². The van der Waals surface area contributed by atoms with Gasteiger partial charge in [0.25, 0.3) is 0 Å². The van der Waals surface area contributed by atoms with Gasteiger partial charge in [-0.15, -0.1) is 11.6 Å². The number of nitrogens with zero attached hydrogens (tertiary/aromatic N) is 1. The second kappa shape index (κ2) is 3.28. The molecule has 2 nitrogen and oxygen atoms in total. The maximum absolute atomic E-state index is 5.80. The van der Waals surface area contributed by atoms with Crippen molar-refractivity contribution in [3.05, 3.63) is 22.8 Å². The first kappa shape index (κ1) is 8.62. The molecule has 0 aromatic carbocycles. The van der Waals surface area contributed by atoms with E-state index in [9.17, 15) is 0 Å². The van der Waals surface area contributed by atoms with Crippen molar-refractivity contribution in [2.24, 2.45) is 0 Å². The molecule has 0 aliphatic carbocycles. The summed E-state index contributed by atoms with van der Waals surface area (Å²) < 4.78 is 0. The number of rotatable bonds is 1. The Balaban J connectivity index is 3.13. The van der Waals surface area contributed by atoms with Gasteiger partial charge < -0.3 is 5.73 Å². The van der Waals surface area contributed by atoms with Gasteiger partial charge in [0.1, 0.15) is 5.82 Å². The second-order valence-corrected chi connectivity index (χ2v) is 3.34. The zero-order valence-corrected chi connectivity index (χ0v) is 7.52. The summed E-state index contributed by atoms with van der Waals surface area (Å²) in [5, 5.41) is 0.405. The van der Waals surface area contributed by atoms with Gasteiger partial charge in [-0.1, -0.05) is 11.6 Å². The lowest BCUT2D eigenvalue weighted by atomic mass is 10.2. The van der Waals surface area contributed by atoms with Crippen LogP contribution in [-0.2, 0) is 0 Å². The molecule has 0 spiro atoms. The number of halogens is 2. The van der Waals surface area contributed by atoms with Crippen LogP contribution in [0.1, 0.15) is 17.9 Å². The van der Waals surface area contributed by atoms with Crippen LogP contribution in [0.5, 0.6) is 0 Å². The molecule has 1 aromatic rings. The van der Waals surface area contributed by atoms with Crippen molar-refractivity contribution in [3.8, 4) is 0 Å². The number of anilines is 1. The third-order valence-corrected chi connectivity index (χ3v) is 1.79. The van der Waals surface area contributed by atoms with E-state index in [0.29, 0.717) is 10.8 Å². The van der Waals surface area contributed by atoms with Gasteiger partial charge >= 0.3 is 0 Å². The summed E-state index contributed by atoms with van der Waals surface area (Å²) in [6.07, 6.45) is 1.50. The summed E-state index contributed by atoms with van der Waals surface area (Å²) in [6.45, 7) is 1.82. The smallest absolute Gasteiger partial charge is 0.128 e. The molecule has 11 heavy (non-hydrogen) atoms. The quantitative estimate of drug-likeness (QED) is 0.693. The monoisotopic (exact) mass is 190 g/mol. The molecular formula is C7H8Cl2N2. The number of hydrogen-bond acceptors (Lipinski definition) is 2. The molecule has 4 heteroatoms. The molecule has 1 aromatic heterocycles. The van der Waals surface area contributed by atoms with Gasteiger partial charge in [0.05, 0.1) is 10.4 Å². The maximum Gasteiger partial charge on any atom is 0.128 e. The number of nitrogen functional groups attached to an aromatic ring is 1. The van der Waals surface area contributed by atoms with Crippen molar-refractivity contribution in [1.29, 1.82) is 0 Å². The Morgan fingerprint density at radius 2 is 2.27 bits per heavy atom. The SMILES string of the molecule is CC(Cl)c1cc(Cl)cnc1N. The Bertz CT molecular complexity index is 261. The molecule has 1 rings (SSSR count). The lowest BCUT2D eigenvalue weighted by Gasteiger charge is -2.05. The average molecular weight is 191 g/mol. The van der Waals surface area contributed by atoms with Crippen LogP contribution in [0.2, 0.25) is 5.02 Å². The standard InChI is InChI=1S/C7H8Cl2N2/c1-4(8)6-2-5(9)3-11-7(6)10/h2-4H,1H3,(H2,10,11). The summed E-state index contributed by atoms with van der Waals surface area (Å²) in [5.74, 6) is 0.442. The predicted octanol–water partition coefficient (Wildman–Crippen LogP) is 2.62. The molecule has 0 aliphatic heterocycles. The Hall–Kier alpha value is -0.470. The third-order valence-electron chi connectivity index (χ3n) is 1.34. The van der Waals surface area contributed by atoms with Crippen molar-refractivity contribution >= 4 is 29.0 Å². The van der Waals surface area contributed by atoms with Crippen LogP contribution >= 0.6 is 23.2 Å². The molecule has 0 amide bonds.